The molecule has 0 aliphatic heterocycles. The van der Waals surface area contributed by atoms with Crippen molar-refractivity contribution in [1.29, 1.82) is 0 Å². The molecule has 0 atom stereocenters. The zero-order chi connectivity index (χ0) is 15.9. The Morgan fingerprint density at radius 1 is 1.09 bits per heavy atom. The Balaban J connectivity index is 1.49. The van der Waals surface area contributed by atoms with Gasteiger partial charge in [0.1, 0.15) is 0 Å². The van der Waals surface area contributed by atoms with Gasteiger partial charge in [0.25, 0.3) is 5.91 Å². The van der Waals surface area contributed by atoms with E-state index in [1.807, 2.05) is 24.4 Å². The number of hydrogen-bond donors (Lipinski definition) is 1. The van der Waals surface area contributed by atoms with Crippen LogP contribution in [0, 0.1) is 0 Å². The summed E-state index contributed by atoms with van der Waals surface area (Å²) in [5.74, 6) is -0.0755. The van der Waals surface area contributed by atoms with E-state index in [1.54, 1.807) is 35.9 Å². The SMILES string of the molecule is O=C(NCCc1ncc(Cc2ccccc2)s1)c1ccncc1. The molecule has 0 radical (unpaired) electrons. The number of benzene rings is 1. The lowest BCUT2D eigenvalue weighted by atomic mass is 10.1. The molecule has 3 rings (SSSR count). The maximum absolute atomic E-state index is 11.9. The molecular formula is C18H17N3OS. The molecule has 0 saturated heterocycles. The maximum atomic E-state index is 11.9. The van der Waals surface area contributed by atoms with Crippen LogP contribution >= 0.6 is 11.3 Å². The Morgan fingerprint density at radius 3 is 2.65 bits per heavy atom. The Morgan fingerprint density at radius 2 is 1.87 bits per heavy atom. The predicted octanol–water partition coefficient (Wildman–Crippen LogP) is 3.10. The first kappa shape index (κ1) is 15.4. The van der Waals surface area contributed by atoms with Crippen LogP contribution in [-0.2, 0) is 12.8 Å². The van der Waals surface area contributed by atoms with Gasteiger partial charge in [0.2, 0.25) is 0 Å². The third-order valence-electron chi connectivity index (χ3n) is 3.39. The highest BCUT2D eigenvalue weighted by Crippen LogP contribution is 2.17. The van der Waals surface area contributed by atoms with E-state index in [-0.39, 0.29) is 5.91 Å². The molecule has 1 amide bonds. The minimum atomic E-state index is -0.0755. The van der Waals surface area contributed by atoms with Crippen molar-refractivity contribution < 1.29 is 4.79 Å². The van der Waals surface area contributed by atoms with E-state index in [1.165, 1.54) is 10.4 Å². The van der Waals surface area contributed by atoms with Gasteiger partial charge < -0.3 is 5.32 Å². The maximum Gasteiger partial charge on any atom is 0.251 e. The second kappa shape index (κ2) is 7.65. The van der Waals surface area contributed by atoms with Crippen LogP contribution in [0.5, 0.6) is 0 Å². The quantitative estimate of drug-likeness (QED) is 0.758. The summed E-state index contributed by atoms with van der Waals surface area (Å²) in [6, 6.07) is 13.8. The Kier molecular flexibility index (Phi) is 5.11. The molecule has 1 aromatic carbocycles. The summed E-state index contributed by atoms with van der Waals surface area (Å²) in [5, 5.41) is 3.95. The fourth-order valence-electron chi connectivity index (χ4n) is 2.23. The molecule has 0 aliphatic rings. The number of amides is 1. The average Bonchev–Trinajstić information content (AvgIpc) is 3.04. The van der Waals surface area contributed by atoms with Gasteiger partial charge >= 0.3 is 0 Å². The third-order valence-corrected chi connectivity index (χ3v) is 4.45. The summed E-state index contributed by atoms with van der Waals surface area (Å²) in [7, 11) is 0. The highest BCUT2D eigenvalue weighted by atomic mass is 32.1. The van der Waals surface area contributed by atoms with Crippen molar-refractivity contribution in [1.82, 2.24) is 15.3 Å². The smallest absolute Gasteiger partial charge is 0.251 e. The van der Waals surface area contributed by atoms with E-state index in [0.29, 0.717) is 12.1 Å². The van der Waals surface area contributed by atoms with E-state index in [4.69, 9.17) is 0 Å². The van der Waals surface area contributed by atoms with Crippen LogP contribution in [0.15, 0.2) is 61.1 Å². The molecule has 2 aromatic heterocycles. The standard InChI is InChI=1S/C18H17N3OS/c22-18(15-6-9-19-10-7-15)20-11-8-17-21-13-16(23-17)12-14-4-2-1-3-5-14/h1-7,9-10,13H,8,11-12H2,(H,20,22). The van der Waals surface area contributed by atoms with Crippen LogP contribution in [0.2, 0.25) is 0 Å². The highest BCUT2D eigenvalue weighted by molar-refractivity contribution is 7.11. The molecule has 3 aromatic rings. The van der Waals surface area contributed by atoms with E-state index in [0.717, 1.165) is 17.8 Å². The summed E-state index contributed by atoms with van der Waals surface area (Å²) < 4.78 is 0. The Hall–Kier alpha value is -2.53. The number of nitrogens with one attached hydrogen (secondary N) is 1. The molecule has 23 heavy (non-hydrogen) atoms. The van der Waals surface area contributed by atoms with Crippen LogP contribution in [0.4, 0.5) is 0 Å². The molecule has 0 saturated carbocycles. The molecule has 5 heteroatoms. The lowest BCUT2D eigenvalue weighted by molar-refractivity contribution is 0.0954. The van der Waals surface area contributed by atoms with Crippen molar-refractivity contribution in [3.8, 4) is 0 Å². The lowest BCUT2D eigenvalue weighted by Gasteiger charge is -2.03. The second-order valence-corrected chi connectivity index (χ2v) is 6.32. The molecule has 4 nitrogen and oxygen atoms in total. The molecule has 0 spiro atoms. The van der Waals surface area contributed by atoms with Crippen LogP contribution in [-0.4, -0.2) is 22.4 Å². The molecule has 0 unspecified atom stereocenters. The van der Waals surface area contributed by atoms with Gasteiger partial charge in [-0.3, -0.25) is 9.78 Å². The van der Waals surface area contributed by atoms with E-state index in [2.05, 4.69) is 27.4 Å². The largest absolute Gasteiger partial charge is 0.352 e. The Bertz CT molecular complexity index is 756. The summed E-state index contributed by atoms with van der Waals surface area (Å²) >= 11 is 1.70. The molecule has 2 heterocycles. The summed E-state index contributed by atoms with van der Waals surface area (Å²) in [4.78, 5) is 21.5. The number of carbonyl (C=O) groups is 1. The van der Waals surface area contributed by atoms with Crippen molar-refractivity contribution in [2.24, 2.45) is 0 Å². The molecule has 0 fully saturated rings. The number of thiazole rings is 1. The van der Waals surface area contributed by atoms with Crippen molar-refractivity contribution in [2.75, 3.05) is 6.54 Å². The van der Waals surface area contributed by atoms with Crippen LogP contribution in [0.25, 0.3) is 0 Å². The van der Waals surface area contributed by atoms with Gasteiger partial charge in [-0.15, -0.1) is 11.3 Å². The normalized spacial score (nSPS) is 10.4. The van der Waals surface area contributed by atoms with Crippen LogP contribution < -0.4 is 5.32 Å². The zero-order valence-corrected chi connectivity index (χ0v) is 13.4. The van der Waals surface area contributed by atoms with Crippen molar-refractivity contribution in [2.45, 2.75) is 12.8 Å². The van der Waals surface area contributed by atoms with Crippen molar-refractivity contribution >= 4 is 17.2 Å². The fourth-order valence-corrected chi connectivity index (χ4v) is 3.19. The number of pyridine rings is 1. The highest BCUT2D eigenvalue weighted by Gasteiger charge is 2.06. The summed E-state index contributed by atoms with van der Waals surface area (Å²) in [6.45, 7) is 0.583. The summed E-state index contributed by atoms with van der Waals surface area (Å²) in [6.07, 6.45) is 6.81. The second-order valence-electron chi connectivity index (χ2n) is 5.12. The Labute approximate surface area is 139 Å². The predicted molar refractivity (Wildman–Crippen MR) is 91.6 cm³/mol. The van der Waals surface area contributed by atoms with E-state index < -0.39 is 0 Å². The minimum absolute atomic E-state index is 0.0755. The van der Waals surface area contributed by atoms with Gasteiger partial charge in [-0.25, -0.2) is 4.98 Å². The first-order chi connectivity index (χ1) is 11.3. The van der Waals surface area contributed by atoms with Gasteiger partial charge in [0.05, 0.1) is 5.01 Å². The first-order valence-corrected chi connectivity index (χ1v) is 8.28. The van der Waals surface area contributed by atoms with Crippen LogP contribution in [0.3, 0.4) is 0 Å². The average molecular weight is 323 g/mol. The van der Waals surface area contributed by atoms with Gasteiger partial charge in [-0.1, -0.05) is 30.3 Å². The topological polar surface area (TPSA) is 54.9 Å². The number of carbonyl (C=O) groups excluding carboxylic acids is 1. The number of hydrogen-bond acceptors (Lipinski definition) is 4. The molecular weight excluding hydrogens is 306 g/mol. The first-order valence-electron chi connectivity index (χ1n) is 7.47. The number of aromatic nitrogens is 2. The van der Waals surface area contributed by atoms with Gasteiger partial charge in [-0.2, -0.15) is 0 Å². The lowest BCUT2D eigenvalue weighted by Crippen LogP contribution is -2.25. The van der Waals surface area contributed by atoms with Gasteiger partial charge in [-0.05, 0) is 17.7 Å². The number of rotatable bonds is 6. The van der Waals surface area contributed by atoms with Gasteiger partial charge in [0, 0.05) is 48.4 Å². The van der Waals surface area contributed by atoms with Crippen molar-refractivity contribution in [3.63, 3.8) is 0 Å². The molecule has 1 N–H and O–H groups in total. The number of nitrogens with zero attached hydrogens (tertiary/aromatic N) is 2. The van der Waals surface area contributed by atoms with Gasteiger partial charge in [0.15, 0.2) is 0 Å². The monoisotopic (exact) mass is 323 g/mol. The molecule has 116 valence electrons. The third kappa shape index (κ3) is 4.47. The molecule has 0 aliphatic carbocycles. The zero-order valence-electron chi connectivity index (χ0n) is 12.6. The van der Waals surface area contributed by atoms with Crippen LogP contribution in [0.1, 0.15) is 25.8 Å². The van der Waals surface area contributed by atoms with E-state index >= 15 is 0 Å². The summed E-state index contributed by atoms with van der Waals surface area (Å²) in [5.41, 5.74) is 1.91. The molecule has 0 bridgehead atoms. The van der Waals surface area contributed by atoms with E-state index in [9.17, 15) is 4.79 Å². The van der Waals surface area contributed by atoms with Crippen molar-refractivity contribution in [3.05, 3.63) is 82.1 Å². The fraction of sp³-hybridized carbons (Fsp3) is 0.167. The minimum Gasteiger partial charge on any atom is -0.352 e.